The topological polar surface area (TPSA) is 92.8 Å². The highest BCUT2D eigenvalue weighted by atomic mass is 15.2. The Kier molecular flexibility index (Phi) is 5.67. The standard InChI is InChI=1S/C27H27N7/c1-17-10-22-21(8-9-29-27(22)28)18(2)23(17)14-31-25-12-26(33-16-32-25)34(3)15-19-11-20-6-4-5-7-24(20)30-13-19/h4-13,16H,14-15H2,1-3H3,(H2,28,29)(H,31,32,33). The second-order valence-electron chi connectivity index (χ2n) is 8.60. The van der Waals surface area contributed by atoms with E-state index in [0.29, 0.717) is 18.9 Å². The van der Waals surface area contributed by atoms with Crippen LogP contribution in [0, 0.1) is 13.8 Å². The number of nitrogens with one attached hydrogen (secondary N) is 1. The third-order valence-electron chi connectivity index (χ3n) is 6.27. The van der Waals surface area contributed by atoms with E-state index < -0.39 is 0 Å². The van der Waals surface area contributed by atoms with Crippen LogP contribution in [-0.2, 0) is 13.1 Å². The summed E-state index contributed by atoms with van der Waals surface area (Å²) in [7, 11) is 2.03. The number of para-hydroxylation sites is 1. The maximum Gasteiger partial charge on any atom is 0.134 e. The molecule has 0 aliphatic rings. The lowest BCUT2D eigenvalue weighted by atomic mass is 9.96. The quantitative estimate of drug-likeness (QED) is 0.376. The fourth-order valence-corrected chi connectivity index (χ4v) is 4.39. The fourth-order valence-electron chi connectivity index (χ4n) is 4.39. The third-order valence-corrected chi connectivity index (χ3v) is 6.27. The third kappa shape index (κ3) is 4.20. The summed E-state index contributed by atoms with van der Waals surface area (Å²) in [4.78, 5) is 19.8. The van der Waals surface area contributed by atoms with Crippen LogP contribution >= 0.6 is 0 Å². The zero-order valence-electron chi connectivity index (χ0n) is 19.6. The molecular formula is C27H27N7. The first-order valence-electron chi connectivity index (χ1n) is 11.2. The number of aromatic nitrogens is 4. The molecule has 3 N–H and O–H groups in total. The summed E-state index contributed by atoms with van der Waals surface area (Å²) in [6.07, 6.45) is 5.28. The Morgan fingerprint density at radius 3 is 2.68 bits per heavy atom. The predicted octanol–water partition coefficient (Wildman–Crippen LogP) is 5.02. The van der Waals surface area contributed by atoms with Crippen LogP contribution in [0.3, 0.4) is 0 Å². The van der Waals surface area contributed by atoms with Crippen LogP contribution in [0.15, 0.2) is 67.3 Å². The van der Waals surface area contributed by atoms with Crippen molar-refractivity contribution in [1.82, 2.24) is 19.9 Å². The van der Waals surface area contributed by atoms with E-state index in [1.807, 2.05) is 43.6 Å². The second kappa shape index (κ2) is 8.94. The Morgan fingerprint density at radius 2 is 1.79 bits per heavy atom. The number of anilines is 3. The minimum Gasteiger partial charge on any atom is -0.383 e. The van der Waals surface area contributed by atoms with Crippen molar-refractivity contribution >= 4 is 39.1 Å². The van der Waals surface area contributed by atoms with Gasteiger partial charge in [0.05, 0.1) is 5.52 Å². The SMILES string of the molecule is Cc1cc2c(N)nccc2c(C)c1CNc1cc(N(C)Cc2cnc3ccccc3c2)ncn1. The van der Waals surface area contributed by atoms with Crippen LogP contribution in [0.25, 0.3) is 21.7 Å². The molecule has 0 atom stereocenters. The highest BCUT2D eigenvalue weighted by Gasteiger charge is 2.11. The van der Waals surface area contributed by atoms with Gasteiger partial charge in [0.2, 0.25) is 0 Å². The molecule has 3 aromatic heterocycles. The Labute approximate surface area is 198 Å². The number of nitrogen functional groups attached to an aromatic ring is 1. The van der Waals surface area contributed by atoms with E-state index >= 15 is 0 Å². The van der Waals surface area contributed by atoms with Crippen molar-refractivity contribution < 1.29 is 0 Å². The zero-order chi connectivity index (χ0) is 23.7. The van der Waals surface area contributed by atoms with Crippen LogP contribution in [0.2, 0.25) is 0 Å². The van der Waals surface area contributed by atoms with Gasteiger partial charge in [0, 0.05) is 49.4 Å². The molecule has 0 saturated heterocycles. The van der Waals surface area contributed by atoms with Gasteiger partial charge in [-0.25, -0.2) is 15.0 Å². The Hall–Kier alpha value is -4.26. The minimum absolute atomic E-state index is 0.563. The molecule has 0 saturated carbocycles. The van der Waals surface area contributed by atoms with Crippen molar-refractivity contribution in [1.29, 1.82) is 0 Å². The molecular weight excluding hydrogens is 422 g/mol. The first-order chi connectivity index (χ1) is 16.5. The first-order valence-corrected chi connectivity index (χ1v) is 11.2. The number of hydrogen-bond donors (Lipinski definition) is 2. The predicted molar refractivity (Wildman–Crippen MR) is 139 cm³/mol. The van der Waals surface area contributed by atoms with E-state index in [0.717, 1.165) is 38.9 Å². The van der Waals surface area contributed by atoms with Gasteiger partial charge in [-0.15, -0.1) is 0 Å². The molecule has 0 radical (unpaired) electrons. The average Bonchev–Trinajstić information content (AvgIpc) is 2.85. The number of nitrogens with two attached hydrogens (primary N) is 1. The summed E-state index contributed by atoms with van der Waals surface area (Å²) < 4.78 is 0. The molecule has 0 aliphatic heterocycles. The second-order valence-corrected chi connectivity index (χ2v) is 8.60. The molecule has 0 aliphatic carbocycles. The maximum atomic E-state index is 6.08. The van der Waals surface area contributed by atoms with E-state index in [2.05, 4.69) is 62.2 Å². The fraction of sp³-hybridized carbons (Fsp3) is 0.185. The molecule has 0 unspecified atom stereocenters. The van der Waals surface area contributed by atoms with Gasteiger partial charge >= 0.3 is 0 Å². The highest BCUT2D eigenvalue weighted by molar-refractivity contribution is 5.94. The van der Waals surface area contributed by atoms with Gasteiger partial charge in [0.1, 0.15) is 23.8 Å². The number of nitrogens with zero attached hydrogens (tertiary/aromatic N) is 5. The van der Waals surface area contributed by atoms with Crippen molar-refractivity contribution in [3.05, 3.63) is 89.5 Å². The summed E-state index contributed by atoms with van der Waals surface area (Å²) in [5.41, 5.74) is 11.8. The van der Waals surface area contributed by atoms with Gasteiger partial charge in [-0.3, -0.25) is 4.98 Å². The molecule has 0 spiro atoms. The zero-order valence-corrected chi connectivity index (χ0v) is 19.6. The Balaban J connectivity index is 1.33. The van der Waals surface area contributed by atoms with Gasteiger partial charge in [-0.2, -0.15) is 0 Å². The summed E-state index contributed by atoms with van der Waals surface area (Å²) in [6, 6.07) is 16.4. The van der Waals surface area contributed by atoms with E-state index in [9.17, 15) is 0 Å². The molecule has 5 rings (SSSR count). The molecule has 34 heavy (non-hydrogen) atoms. The molecule has 7 heteroatoms. The lowest BCUT2D eigenvalue weighted by Crippen LogP contribution is -2.18. The van der Waals surface area contributed by atoms with Gasteiger partial charge in [-0.1, -0.05) is 18.2 Å². The molecule has 2 aromatic carbocycles. The number of pyridine rings is 2. The lowest BCUT2D eigenvalue weighted by molar-refractivity contribution is 0.887. The average molecular weight is 450 g/mol. The maximum absolute atomic E-state index is 6.08. The first kappa shape index (κ1) is 21.6. The molecule has 5 aromatic rings. The van der Waals surface area contributed by atoms with E-state index in [-0.39, 0.29) is 0 Å². The monoisotopic (exact) mass is 449 g/mol. The smallest absolute Gasteiger partial charge is 0.134 e. The van der Waals surface area contributed by atoms with Gasteiger partial charge < -0.3 is 16.0 Å². The van der Waals surface area contributed by atoms with Gasteiger partial charge in [0.15, 0.2) is 0 Å². The van der Waals surface area contributed by atoms with Crippen molar-refractivity contribution in [3.63, 3.8) is 0 Å². The van der Waals surface area contributed by atoms with E-state index in [4.69, 9.17) is 5.73 Å². The molecule has 0 amide bonds. The highest BCUT2D eigenvalue weighted by Crippen LogP contribution is 2.28. The van der Waals surface area contributed by atoms with Gasteiger partial charge in [0.25, 0.3) is 0 Å². The molecule has 3 heterocycles. The van der Waals surface area contributed by atoms with Crippen LogP contribution in [0.4, 0.5) is 17.5 Å². The Morgan fingerprint density at radius 1 is 0.941 bits per heavy atom. The summed E-state index contributed by atoms with van der Waals surface area (Å²) in [5.74, 6) is 2.19. The summed E-state index contributed by atoms with van der Waals surface area (Å²) in [6.45, 7) is 5.59. The Bertz CT molecular complexity index is 1500. The minimum atomic E-state index is 0.563. The number of aryl methyl sites for hydroxylation is 2. The van der Waals surface area contributed by atoms with Crippen LogP contribution in [-0.4, -0.2) is 27.0 Å². The largest absolute Gasteiger partial charge is 0.383 e. The molecule has 0 bridgehead atoms. The van der Waals surface area contributed by atoms with Crippen molar-refractivity contribution in [3.8, 4) is 0 Å². The molecule has 170 valence electrons. The molecule has 0 fully saturated rings. The van der Waals surface area contributed by atoms with Crippen LogP contribution in [0.1, 0.15) is 22.3 Å². The number of benzene rings is 2. The van der Waals surface area contributed by atoms with E-state index in [1.54, 1.807) is 12.5 Å². The van der Waals surface area contributed by atoms with Crippen LogP contribution < -0.4 is 16.0 Å². The van der Waals surface area contributed by atoms with Crippen molar-refractivity contribution in [2.75, 3.05) is 23.0 Å². The summed E-state index contributed by atoms with van der Waals surface area (Å²) >= 11 is 0. The lowest BCUT2D eigenvalue weighted by Gasteiger charge is -2.19. The summed E-state index contributed by atoms with van der Waals surface area (Å²) in [5, 5.41) is 6.73. The number of fused-ring (bicyclic) bond motifs is 2. The molecule has 7 nitrogen and oxygen atoms in total. The van der Waals surface area contributed by atoms with Crippen molar-refractivity contribution in [2.45, 2.75) is 26.9 Å². The van der Waals surface area contributed by atoms with Crippen LogP contribution in [0.5, 0.6) is 0 Å². The van der Waals surface area contributed by atoms with Crippen molar-refractivity contribution in [2.24, 2.45) is 0 Å². The number of rotatable bonds is 6. The number of hydrogen-bond acceptors (Lipinski definition) is 7. The van der Waals surface area contributed by atoms with E-state index in [1.165, 1.54) is 16.7 Å². The van der Waals surface area contributed by atoms with Gasteiger partial charge in [-0.05, 0) is 65.8 Å². The normalized spacial score (nSPS) is 11.1.